The van der Waals surface area contributed by atoms with Crippen LogP contribution >= 0.6 is 0 Å². The minimum atomic E-state index is -0.950. The molecule has 2 aliphatic rings. The number of phenolic OH excluding ortho intramolecular Hbond substituents is 1. The molecule has 2 N–H and O–H groups in total. The normalized spacial score (nSPS) is 25.9. The molecule has 150 valence electrons. The number of fused-ring (bicyclic) bond motifs is 2. The average molecular weight is 396 g/mol. The summed E-state index contributed by atoms with van der Waals surface area (Å²) >= 11 is 0. The van der Waals surface area contributed by atoms with E-state index in [1.54, 1.807) is 41.6 Å². The molecule has 2 unspecified atom stereocenters. The molecule has 2 aromatic heterocycles. The van der Waals surface area contributed by atoms with Gasteiger partial charge in [0, 0.05) is 25.2 Å². The van der Waals surface area contributed by atoms with Crippen LogP contribution < -0.4 is 10.2 Å². The maximum atomic E-state index is 14.8. The molecule has 4 heterocycles. The predicted octanol–water partition coefficient (Wildman–Crippen LogP) is 1.49. The number of aromatic nitrogens is 6. The van der Waals surface area contributed by atoms with E-state index in [4.69, 9.17) is 0 Å². The van der Waals surface area contributed by atoms with Crippen LogP contribution in [0.1, 0.15) is 19.3 Å². The number of nitrogens with zero attached hydrogens (tertiary/aromatic N) is 7. The maximum Gasteiger partial charge on any atom is 0.185 e. The number of hydrogen-bond acceptors (Lipinski definition) is 8. The molecule has 0 spiro atoms. The average Bonchev–Trinajstić information content (AvgIpc) is 3.41. The van der Waals surface area contributed by atoms with Crippen LogP contribution in [0.5, 0.6) is 5.75 Å². The van der Waals surface area contributed by atoms with Crippen LogP contribution in [0.25, 0.3) is 17.1 Å². The molecule has 4 atom stereocenters. The molecule has 0 radical (unpaired) electrons. The number of benzene rings is 1. The zero-order valence-corrected chi connectivity index (χ0v) is 15.9. The number of alkyl halides is 1. The van der Waals surface area contributed by atoms with Crippen molar-refractivity contribution < 1.29 is 9.50 Å². The quantitative estimate of drug-likeness (QED) is 0.684. The van der Waals surface area contributed by atoms with Gasteiger partial charge in [-0.15, -0.1) is 20.4 Å². The SMILES string of the molecule is CN(c1cnc(-c2ccc(-n3cnnc3)cc2O)nn1)[C@H]1CC2CCC(N2)[C@H]1F. The largest absolute Gasteiger partial charge is 0.507 e. The Hall–Kier alpha value is -3.14. The van der Waals surface area contributed by atoms with Crippen LogP contribution in [-0.2, 0) is 0 Å². The second-order valence-electron chi connectivity index (χ2n) is 7.62. The molecule has 3 aromatic rings. The summed E-state index contributed by atoms with van der Waals surface area (Å²) in [6.45, 7) is 0. The number of hydrogen-bond donors (Lipinski definition) is 2. The van der Waals surface area contributed by atoms with Gasteiger partial charge in [0.15, 0.2) is 11.6 Å². The Labute approximate surface area is 166 Å². The van der Waals surface area contributed by atoms with Crippen molar-refractivity contribution in [3.63, 3.8) is 0 Å². The molecule has 10 heteroatoms. The highest BCUT2D eigenvalue weighted by atomic mass is 19.1. The van der Waals surface area contributed by atoms with Crippen LogP contribution in [0.4, 0.5) is 10.2 Å². The van der Waals surface area contributed by atoms with Gasteiger partial charge in [0.1, 0.15) is 24.6 Å². The highest BCUT2D eigenvalue weighted by Gasteiger charge is 2.43. The Kier molecular flexibility index (Phi) is 4.35. The fraction of sp³-hybridized carbons (Fsp3) is 0.421. The van der Waals surface area contributed by atoms with E-state index >= 15 is 0 Å². The highest BCUT2D eigenvalue weighted by molar-refractivity contribution is 5.66. The first-order valence-electron chi connectivity index (χ1n) is 9.61. The first-order chi connectivity index (χ1) is 14.1. The van der Waals surface area contributed by atoms with Gasteiger partial charge >= 0.3 is 0 Å². The summed E-state index contributed by atoms with van der Waals surface area (Å²) < 4.78 is 16.5. The van der Waals surface area contributed by atoms with Gasteiger partial charge in [0.2, 0.25) is 0 Å². The maximum absolute atomic E-state index is 14.8. The van der Waals surface area contributed by atoms with E-state index in [0.717, 1.165) is 24.9 Å². The molecule has 2 aliphatic heterocycles. The van der Waals surface area contributed by atoms with Crippen LogP contribution in [-0.4, -0.2) is 66.4 Å². The van der Waals surface area contributed by atoms with Crippen LogP contribution in [0.15, 0.2) is 37.1 Å². The lowest BCUT2D eigenvalue weighted by Crippen LogP contribution is -2.55. The second-order valence-corrected chi connectivity index (χ2v) is 7.62. The van der Waals surface area contributed by atoms with Gasteiger partial charge in [-0.25, -0.2) is 9.37 Å². The molecule has 0 saturated carbocycles. The number of anilines is 1. The topological polar surface area (TPSA) is 105 Å². The van der Waals surface area contributed by atoms with Crippen molar-refractivity contribution >= 4 is 5.82 Å². The van der Waals surface area contributed by atoms with Gasteiger partial charge in [-0.3, -0.25) is 4.57 Å². The van der Waals surface area contributed by atoms with Crippen LogP contribution in [0.3, 0.4) is 0 Å². The minimum absolute atomic E-state index is 0.0258. The summed E-state index contributed by atoms with van der Waals surface area (Å²) in [6.07, 6.45) is 6.35. The fourth-order valence-corrected chi connectivity index (χ4v) is 4.28. The number of piperidine rings is 1. The Morgan fingerprint density at radius 1 is 1.21 bits per heavy atom. The molecule has 1 aromatic carbocycles. The van der Waals surface area contributed by atoms with Crippen molar-refractivity contribution in [2.75, 3.05) is 11.9 Å². The number of halogens is 1. The van der Waals surface area contributed by atoms with E-state index in [1.807, 2.05) is 11.9 Å². The molecule has 2 fully saturated rings. The van der Waals surface area contributed by atoms with Crippen molar-refractivity contribution in [1.29, 1.82) is 0 Å². The number of aromatic hydroxyl groups is 1. The van der Waals surface area contributed by atoms with E-state index in [2.05, 4.69) is 30.7 Å². The van der Waals surface area contributed by atoms with E-state index in [0.29, 0.717) is 23.2 Å². The van der Waals surface area contributed by atoms with Gasteiger partial charge < -0.3 is 15.3 Å². The lowest BCUT2D eigenvalue weighted by Gasteiger charge is -2.38. The molecule has 2 bridgehead atoms. The van der Waals surface area contributed by atoms with Crippen molar-refractivity contribution in [1.82, 2.24) is 35.3 Å². The number of rotatable bonds is 4. The van der Waals surface area contributed by atoms with E-state index < -0.39 is 6.17 Å². The molecule has 9 nitrogen and oxygen atoms in total. The minimum Gasteiger partial charge on any atom is -0.507 e. The van der Waals surface area contributed by atoms with E-state index in [1.165, 1.54) is 0 Å². The summed E-state index contributed by atoms with van der Waals surface area (Å²) in [5, 5.41) is 29.6. The lowest BCUT2D eigenvalue weighted by molar-refractivity contribution is 0.176. The third kappa shape index (κ3) is 3.19. The van der Waals surface area contributed by atoms with Crippen molar-refractivity contribution in [2.45, 2.75) is 43.6 Å². The number of phenols is 1. The first kappa shape index (κ1) is 17.9. The highest BCUT2D eigenvalue weighted by Crippen LogP contribution is 2.33. The van der Waals surface area contributed by atoms with Gasteiger partial charge in [-0.2, -0.15) is 0 Å². The predicted molar refractivity (Wildman–Crippen MR) is 103 cm³/mol. The summed E-state index contributed by atoms with van der Waals surface area (Å²) in [5.41, 5.74) is 1.18. The molecule has 2 saturated heterocycles. The van der Waals surface area contributed by atoms with Gasteiger partial charge in [0.25, 0.3) is 0 Å². The fourth-order valence-electron chi connectivity index (χ4n) is 4.28. The third-order valence-electron chi connectivity index (χ3n) is 5.90. The van der Waals surface area contributed by atoms with Crippen LogP contribution in [0.2, 0.25) is 0 Å². The summed E-state index contributed by atoms with van der Waals surface area (Å²) in [7, 11) is 1.83. The molecular formula is C19H21FN8O. The third-order valence-corrected chi connectivity index (χ3v) is 5.90. The molecule has 5 rings (SSSR count). The zero-order valence-electron chi connectivity index (χ0n) is 15.9. The summed E-state index contributed by atoms with van der Waals surface area (Å²) in [6, 6.07) is 5.14. The molecule has 29 heavy (non-hydrogen) atoms. The van der Waals surface area contributed by atoms with Gasteiger partial charge in [-0.1, -0.05) is 0 Å². The van der Waals surface area contributed by atoms with Gasteiger partial charge in [-0.05, 0) is 31.4 Å². The van der Waals surface area contributed by atoms with E-state index in [9.17, 15) is 9.50 Å². The first-order valence-corrected chi connectivity index (χ1v) is 9.61. The summed E-state index contributed by atoms with van der Waals surface area (Å²) in [4.78, 5) is 6.18. The second kappa shape index (κ2) is 7.03. The molecule has 0 amide bonds. The Morgan fingerprint density at radius 3 is 2.76 bits per heavy atom. The van der Waals surface area contributed by atoms with Crippen molar-refractivity contribution in [3.8, 4) is 22.8 Å². The standard InChI is InChI=1S/C19H21FN8O/c1-27(15-6-11-2-5-14(24-11)18(15)20)17-8-21-19(26-25-17)13-4-3-12(7-16(13)29)28-9-22-23-10-28/h3-4,7-11,14-15,18,24,29H,2,5-6H2,1H3/t11?,14?,15-,18+/m0/s1. The number of nitrogens with one attached hydrogen (secondary N) is 1. The van der Waals surface area contributed by atoms with Crippen LogP contribution in [0, 0.1) is 0 Å². The van der Waals surface area contributed by atoms with Gasteiger partial charge in [0.05, 0.1) is 23.5 Å². The monoisotopic (exact) mass is 396 g/mol. The summed E-state index contributed by atoms with van der Waals surface area (Å²) in [5.74, 6) is 0.846. The lowest BCUT2D eigenvalue weighted by atomic mass is 9.96. The van der Waals surface area contributed by atoms with E-state index in [-0.39, 0.29) is 17.8 Å². The zero-order chi connectivity index (χ0) is 20.0. The molecule has 0 aliphatic carbocycles. The van der Waals surface area contributed by atoms with Crippen molar-refractivity contribution in [2.24, 2.45) is 0 Å². The smallest absolute Gasteiger partial charge is 0.185 e. The Bertz CT molecular complexity index is 996. The Morgan fingerprint density at radius 2 is 2.03 bits per heavy atom. The Balaban J connectivity index is 1.36. The molecular weight excluding hydrogens is 375 g/mol. The van der Waals surface area contributed by atoms with Crippen molar-refractivity contribution in [3.05, 3.63) is 37.1 Å².